The molecule has 9 nitrogen and oxygen atoms in total. The van der Waals surface area contributed by atoms with Gasteiger partial charge in [-0.25, -0.2) is 4.79 Å². The third kappa shape index (κ3) is 5.32. The van der Waals surface area contributed by atoms with Crippen molar-refractivity contribution >= 4 is 46.9 Å². The van der Waals surface area contributed by atoms with E-state index in [1.165, 1.54) is 37.5 Å². The quantitative estimate of drug-likeness (QED) is 0.278. The molecule has 0 spiro atoms. The number of rotatable bonds is 7. The smallest absolute Gasteiger partial charge is 0.335 e. The van der Waals surface area contributed by atoms with E-state index in [1.807, 2.05) is 6.07 Å². The van der Waals surface area contributed by atoms with Gasteiger partial charge in [-0.3, -0.25) is 19.8 Å². The molecule has 1 aliphatic heterocycles. The van der Waals surface area contributed by atoms with E-state index >= 15 is 0 Å². The summed E-state index contributed by atoms with van der Waals surface area (Å²) in [5, 5.41) is 20.8. The van der Waals surface area contributed by atoms with Crippen LogP contribution in [0.25, 0.3) is 6.08 Å². The number of hydrogen-bond donors (Lipinski definition) is 2. The summed E-state index contributed by atoms with van der Waals surface area (Å²) in [7, 11) is 1.45. The van der Waals surface area contributed by atoms with E-state index in [1.54, 1.807) is 36.4 Å². The summed E-state index contributed by atoms with van der Waals surface area (Å²) in [6.07, 6.45) is 1.38. The number of ether oxygens (including phenoxy) is 2. The lowest BCUT2D eigenvalue weighted by atomic mass is 10.1. The SMILES string of the molecule is COc1cc(C=C2C(=O)NC(=S)N(c3cccc(C(=O)O)c3)C2=O)ccc1OCc1ccccc1C#N. The van der Waals surface area contributed by atoms with Gasteiger partial charge in [-0.15, -0.1) is 0 Å². The molecule has 1 saturated heterocycles. The Balaban J connectivity index is 1.61. The van der Waals surface area contributed by atoms with Crippen LogP contribution < -0.4 is 19.7 Å². The van der Waals surface area contributed by atoms with E-state index in [-0.39, 0.29) is 28.5 Å². The van der Waals surface area contributed by atoms with E-state index in [9.17, 15) is 24.8 Å². The Hall–Kier alpha value is -5.01. The van der Waals surface area contributed by atoms with Crippen LogP contribution in [0.3, 0.4) is 0 Å². The number of anilines is 1. The van der Waals surface area contributed by atoms with Gasteiger partial charge in [0.15, 0.2) is 16.6 Å². The molecular formula is C27H19N3O6S. The molecule has 1 fully saturated rings. The summed E-state index contributed by atoms with van der Waals surface area (Å²) in [5.74, 6) is -1.79. The van der Waals surface area contributed by atoms with Gasteiger partial charge in [0.05, 0.1) is 30.0 Å². The monoisotopic (exact) mass is 513 g/mol. The average molecular weight is 514 g/mol. The number of hydrogen-bond acceptors (Lipinski definition) is 7. The van der Waals surface area contributed by atoms with E-state index in [4.69, 9.17) is 21.7 Å². The number of nitriles is 1. The zero-order chi connectivity index (χ0) is 26.5. The van der Waals surface area contributed by atoms with Crippen LogP contribution in [-0.4, -0.2) is 35.1 Å². The molecule has 0 aliphatic carbocycles. The van der Waals surface area contributed by atoms with Gasteiger partial charge in [0.25, 0.3) is 11.8 Å². The molecule has 1 heterocycles. The fourth-order valence-corrected chi connectivity index (χ4v) is 3.92. The lowest BCUT2D eigenvalue weighted by molar-refractivity contribution is -0.122. The maximum Gasteiger partial charge on any atom is 0.335 e. The van der Waals surface area contributed by atoms with Gasteiger partial charge in [-0.2, -0.15) is 5.26 Å². The highest BCUT2D eigenvalue weighted by Crippen LogP contribution is 2.31. The third-order valence-corrected chi connectivity index (χ3v) is 5.76. The second-order valence-electron chi connectivity index (χ2n) is 7.78. The van der Waals surface area contributed by atoms with Gasteiger partial charge in [-0.1, -0.05) is 30.3 Å². The van der Waals surface area contributed by atoms with Gasteiger partial charge < -0.3 is 14.6 Å². The summed E-state index contributed by atoms with van der Waals surface area (Å²) >= 11 is 5.18. The van der Waals surface area contributed by atoms with Crippen LogP contribution in [0, 0.1) is 11.3 Å². The highest BCUT2D eigenvalue weighted by atomic mass is 32.1. The molecule has 0 saturated carbocycles. The predicted octanol–water partition coefficient (Wildman–Crippen LogP) is 3.68. The molecule has 37 heavy (non-hydrogen) atoms. The highest BCUT2D eigenvalue weighted by Gasteiger charge is 2.34. The molecule has 0 atom stereocenters. The maximum absolute atomic E-state index is 13.3. The number of methoxy groups -OCH3 is 1. The Morgan fingerprint density at radius 1 is 1.11 bits per heavy atom. The molecule has 4 rings (SSSR count). The number of nitrogens with zero attached hydrogens (tertiary/aromatic N) is 2. The molecule has 2 N–H and O–H groups in total. The largest absolute Gasteiger partial charge is 0.493 e. The van der Waals surface area contributed by atoms with Crippen molar-refractivity contribution < 1.29 is 29.0 Å². The zero-order valence-electron chi connectivity index (χ0n) is 19.4. The lowest BCUT2D eigenvalue weighted by Gasteiger charge is -2.29. The number of nitrogens with one attached hydrogen (secondary N) is 1. The third-order valence-electron chi connectivity index (χ3n) is 5.47. The molecule has 0 aromatic heterocycles. The number of benzene rings is 3. The summed E-state index contributed by atoms with van der Waals surface area (Å²) in [6.45, 7) is 0.142. The predicted molar refractivity (Wildman–Crippen MR) is 138 cm³/mol. The summed E-state index contributed by atoms with van der Waals surface area (Å²) in [4.78, 5) is 38.3. The van der Waals surface area contributed by atoms with Crippen molar-refractivity contribution in [3.05, 3.63) is 94.6 Å². The molecule has 2 amide bonds. The first-order valence-electron chi connectivity index (χ1n) is 10.9. The van der Waals surface area contributed by atoms with E-state index in [0.717, 1.165) is 4.90 Å². The second-order valence-corrected chi connectivity index (χ2v) is 8.17. The Morgan fingerprint density at radius 2 is 1.89 bits per heavy atom. The van der Waals surface area contributed by atoms with Crippen molar-refractivity contribution in [2.24, 2.45) is 0 Å². The zero-order valence-corrected chi connectivity index (χ0v) is 20.2. The average Bonchev–Trinajstić information content (AvgIpc) is 2.90. The number of aromatic carboxylic acids is 1. The first-order chi connectivity index (χ1) is 17.8. The fourth-order valence-electron chi connectivity index (χ4n) is 3.64. The highest BCUT2D eigenvalue weighted by molar-refractivity contribution is 7.80. The molecule has 0 radical (unpaired) electrons. The van der Waals surface area contributed by atoms with Gasteiger partial charge in [0, 0.05) is 5.56 Å². The van der Waals surface area contributed by atoms with Crippen molar-refractivity contribution in [3.63, 3.8) is 0 Å². The second kappa shape index (κ2) is 10.7. The van der Waals surface area contributed by atoms with Gasteiger partial charge >= 0.3 is 5.97 Å². The van der Waals surface area contributed by atoms with Crippen LogP contribution in [0.2, 0.25) is 0 Å². The van der Waals surface area contributed by atoms with E-state index < -0.39 is 17.8 Å². The topological polar surface area (TPSA) is 129 Å². The molecular weight excluding hydrogens is 494 g/mol. The van der Waals surface area contributed by atoms with Crippen molar-refractivity contribution in [3.8, 4) is 17.6 Å². The molecule has 184 valence electrons. The van der Waals surface area contributed by atoms with Crippen molar-refractivity contribution in [1.82, 2.24) is 5.32 Å². The van der Waals surface area contributed by atoms with E-state index in [2.05, 4.69) is 11.4 Å². The Morgan fingerprint density at radius 3 is 2.62 bits per heavy atom. The number of carboxylic acid groups (broad SMARTS) is 1. The van der Waals surface area contributed by atoms with Crippen molar-refractivity contribution in [2.45, 2.75) is 6.61 Å². The van der Waals surface area contributed by atoms with Gasteiger partial charge in [0.2, 0.25) is 0 Å². The number of carbonyl (C=O) groups excluding carboxylic acids is 2. The maximum atomic E-state index is 13.3. The Kier molecular flexibility index (Phi) is 7.27. The van der Waals surface area contributed by atoms with Crippen molar-refractivity contribution in [1.29, 1.82) is 5.26 Å². The minimum Gasteiger partial charge on any atom is -0.493 e. The van der Waals surface area contributed by atoms with Gasteiger partial charge in [-0.05, 0) is 60.3 Å². The normalized spacial score (nSPS) is 14.2. The van der Waals surface area contributed by atoms with Crippen LogP contribution >= 0.6 is 12.2 Å². The lowest BCUT2D eigenvalue weighted by Crippen LogP contribution is -2.54. The first kappa shape index (κ1) is 25.1. The summed E-state index contributed by atoms with van der Waals surface area (Å²) < 4.78 is 11.3. The molecule has 1 aliphatic rings. The fraction of sp³-hybridized carbons (Fsp3) is 0.0741. The first-order valence-corrected chi connectivity index (χ1v) is 11.3. The molecule has 3 aromatic carbocycles. The molecule has 0 bridgehead atoms. The number of carbonyl (C=O) groups is 3. The number of thiocarbonyl (C=S) groups is 1. The summed E-state index contributed by atoms with van der Waals surface area (Å²) in [5.41, 5.74) is 1.67. The Bertz CT molecular complexity index is 1510. The van der Waals surface area contributed by atoms with Crippen LogP contribution in [0.5, 0.6) is 11.5 Å². The minimum absolute atomic E-state index is 0.0340. The molecule has 0 unspecified atom stereocenters. The van der Waals surface area contributed by atoms with E-state index in [0.29, 0.717) is 28.2 Å². The molecule has 10 heteroatoms. The number of carboxylic acids is 1. The van der Waals surface area contributed by atoms with Crippen molar-refractivity contribution in [2.75, 3.05) is 12.0 Å². The van der Waals surface area contributed by atoms with Crippen LogP contribution in [0.4, 0.5) is 5.69 Å². The minimum atomic E-state index is -1.16. The van der Waals surface area contributed by atoms with Crippen LogP contribution in [-0.2, 0) is 16.2 Å². The van der Waals surface area contributed by atoms with Crippen LogP contribution in [0.15, 0.2) is 72.3 Å². The standard InChI is InChI=1S/C27H19N3O6S/c1-35-23-12-16(9-10-22(23)36-15-19-6-3-2-5-18(19)14-28)11-21-24(31)29-27(37)30(25(21)32)20-8-4-7-17(13-20)26(33)34/h2-13H,15H2,1H3,(H,33,34)(H,29,31,37). The Labute approximate surface area is 217 Å². The number of amides is 2. The van der Waals surface area contributed by atoms with Crippen LogP contribution in [0.1, 0.15) is 27.0 Å². The summed E-state index contributed by atoms with van der Waals surface area (Å²) in [6, 6.07) is 19.7. The van der Waals surface area contributed by atoms with Gasteiger partial charge in [0.1, 0.15) is 12.2 Å². The molecule has 3 aromatic rings.